The summed E-state index contributed by atoms with van der Waals surface area (Å²) in [5.74, 6) is -0.0304. The summed E-state index contributed by atoms with van der Waals surface area (Å²) in [5.41, 5.74) is 11.3. The monoisotopic (exact) mass is 413 g/mol. The molecule has 27 heavy (non-hydrogen) atoms. The topological polar surface area (TPSA) is 90.3 Å². The first-order valence-electron chi connectivity index (χ1n) is 8.84. The van der Waals surface area contributed by atoms with Gasteiger partial charge in [0.15, 0.2) is 11.6 Å². The van der Waals surface area contributed by atoms with Gasteiger partial charge in [-0.05, 0) is 44.4 Å². The van der Waals surface area contributed by atoms with Crippen molar-refractivity contribution in [2.45, 2.75) is 31.8 Å². The van der Waals surface area contributed by atoms with Gasteiger partial charge in [-0.2, -0.15) is 4.98 Å². The first-order chi connectivity index (χ1) is 12.9. The zero-order chi connectivity index (χ0) is 19.4. The molecule has 4 N–H and O–H groups in total. The fraction of sp³-hybridized carbons (Fsp3) is 0.444. The van der Waals surface area contributed by atoms with Crippen LogP contribution in [0.2, 0.25) is 10.0 Å². The highest BCUT2D eigenvalue weighted by atomic mass is 35.5. The molecule has 6 nitrogen and oxygen atoms in total. The maximum Gasteiger partial charge on any atom is 0.222 e. The van der Waals surface area contributed by atoms with E-state index in [2.05, 4.69) is 14.9 Å². The number of nitrogens with two attached hydrogens (primary N) is 2. The number of ether oxygens (including phenoxy) is 1. The number of nitrogens with zero attached hydrogens (tertiary/aromatic N) is 3. The molecule has 2 aromatic rings. The Bertz CT molecular complexity index is 800. The van der Waals surface area contributed by atoms with Crippen molar-refractivity contribution in [3.8, 4) is 5.75 Å². The molecule has 1 saturated heterocycles. The third-order valence-corrected chi connectivity index (χ3v) is 5.32. The van der Waals surface area contributed by atoms with Gasteiger partial charge in [0, 0.05) is 19.2 Å². The molecule has 1 fully saturated rings. The molecule has 1 aromatic heterocycles. The highest BCUT2D eigenvalue weighted by Crippen LogP contribution is 2.28. The Labute approximate surface area is 167 Å². The number of aromatic nitrogens is 2. The van der Waals surface area contributed by atoms with E-state index in [4.69, 9.17) is 39.4 Å². The molecule has 2 heterocycles. The van der Waals surface area contributed by atoms with Crippen LogP contribution in [0.1, 0.15) is 25.0 Å². The number of halogens is 3. The van der Waals surface area contributed by atoms with Gasteiger partial charge < -0.3 is 21.1 Å². The van der Waals surface area contributed by atoms with E-state index >= 15 is 0 Å². The summed E-state index contributed by atoms with van der Waals surface area (Å²) in [7, 11) is 0. The highest BCUT2D eigenvalue weighted by molar-refractivity contribution is 6.42. The number of benzene rings is 1. The zero-order valence-corrected chi connectivity index (χ0v) is 16.3. The molecule has 0 saturated carbocycles. The van der Waals surface area contributed by atoms with Crippen LogP contribution in [0.25, 0.3) is 0 Å². The fourth-order valence-electron chi connectivity index (χ4n) is 3.16. The number of piperidine rings is 1. The Morgan fingerprint density at radius 3 is 2.59 bits per heavy atom. The van der Waals surface area contributed by atoms with E-state index < -0.39 is 5.82 Å². The largest absolute Gasteiger partial charge is 0.490 e. The van der Waals surface area contributed by atoms with Crippen molar-refractivity contribution < 1.29 is 9.13 Å². The summed E-state index contributed by atoms with van der Waals surface area (Å²) >= 11 is 11.9. The molecule has 0 aliphatic carbocycles. The Morgan fingerprint density at radius 2 is 1.89 bits per heavy atom. The number of hydrogen-bond acceptors (Lipinski definition) is 6. The van der Waals surface area contributed by atoms with E-state index in [9.17, 15) is 4.39 Å². The second-order valence-electron chi connectivity index (χ2n) is 6.57. The van der Waals surface area contributed by atoms with Crippen LogP contribution >= 0.6 is 23.2 Å². The number of nitrogen functional groups attached to an aromatic ring is 2. The average molecular weight is 414 g/mol. The average Bonchev–Trinajstić information content (AvgIpc) is 2.63. The zero-order valence-electron chi connectivity index (χ0n) is 14.8. The van der Waals surface area contributed by atoms with Gasteiger partial charge in [-0.1, -0.05) is 23.2 Å². The first kappa shape index (κ1) is 19.9. The van der Waals surface area contributed by atoms with Gasteiger partial charge in [0.2, 0.25) is 5.95 Å². The van der Waals surface area contributed by atoms with E-state index in [0.717, 1.165) is 44.6 Å². The number of likely N-dealkylation sites (tertiary alicyclic amines) is 1. The fourth-order valence-corrected chi connectivity index (χ4v) is 3.45. The lowest BCUT2D eigenvalue weighted by atomic mass is 10.1. The van der Waals surface area contributed by atoms with Crippen molar-refractivity contribution in [2.75, 3.05) is 31.1 Å². The van der Waals surface area contributed by atoms with Gasteiger partial charge in [-0.25, -0.2) is 9.37 Å². The summed E-state index contributed by atoms with van der Waals surface area (Å²) < 4.78 is 19.9. The van der Waals surface area contributed by atoms with Crippen molar-refractivity contribution in [3.63, 3.8) is 0 Å². The minimum Gasteiger partial charge on any atom is -0.490 e. The van der Waals surface area contributed by atoms with E-state index in [-0.39, 0.29) is 23.6 Å². The number of anilines is 2. The van der Waals surface area contributed by atoms with E-state index in [1.807, 2.05) is 6.07 Å². The van der Waals surface area contributed by atoms with E-state index in [0.29, 0.717) is 16.5 Å². The van der Waals surface area contributed by atoms with Crippen molar-refractivity contribution in [1.82, 2.24) is 14.9 Å². The molecule has 1 aliphatic heterocycles. The van der Waals surface area contributed by atoms with Crippen molar-refractivity contribution >= 4 is 35.0 Å². The van der Waals surface area contributed by atoms with Gasteiger partial charge in [0.1, 0.15) is 11.9 Å². The minimum absolute atomic E-state index is 0.00386. The molecule has 0 amide bonds. The molecule has 1 aromatic carbocycles. The van der Waals surface area contributed by atoms with Crippen LogP contribution in [0.4, 0.5) is 16.2 Å². The molecule has 3 rings (SSSR count). The lowest BCUT2D eigenvalue weighted by Crippen LogP contribution is -2.38. The smallest absolute Gasteiger partial charge is 0.222 e. The van der Waals surface area contributed by atoms with E-state index in [1.165, 1.54) is 0 Å². The molecule has 0 atom stereocenters. The van der Waals surface area contributed by atoms with Crippen molar-refractivity contribution in [2.24, 2.45) is 0 Å². The van der Waals surface area contributed by atoms with Crippen molar-refractivity contribution in [3.05, 3.63) is 39.8 Å². The number of rotatable bonds is 6. The molecular formula is C18H22Cl2FN5O. The van der Waals surface area contributed by atoms with E-state index in [1.54, 1.807) is 12.1 Å². The van der Waals surface area contributed by atoms with Crippen LogP contribution < -0.4 is 16.2 Å². The van der Waals surface area contributed by atoms with Gasteiger partial charge >= 0.3 is 0 Å². The lowest BCUT2D eigenvalue weighted by Gasteiger charge is -2.32. The van der Waals surface area contributed by atoms with Gasteiger partial charge in [-0.3, -0.25) is 0 Å². The molecule has 1 aliphatic rings. The van der Waals surface area contributed by atoms with Crippen LogP contribution in [-0.2, 0) is 6.42 Å². The number of aryl methyl sites for hydroxylation is 1. The summed E-state index contributed by atoms with van der Waals surface area (Å²) in [4.78, 5) is 9.89. The summed E-state index contributed by atoms with van der Waals surface area (Å²) in [6, 6.07) is 5.30. The molecular weight excluding hydrogens is 392 g/mol. The Morgan fingerprint density at radius 1 is 1.15 bits per heavy atom. The SMILES string of the molecule is Nc1nc(N)c(F)c(CCCN2CCC(Oc3ccc(Cl)c(Cl)c3)CC2)n1. The third-order valence-electron chi connectivity index (χ3n) is 4.58. The normalized spacial score (nSPS) is 15.8. The van der Waals surface area contributed by atoms with Crippen LogP contribution in [0.15, 0.2) is 18.2 Å². The summed E-state index contributed by atoms with van der Waals surface area (Å²) in [5, 5.41) is 1.01. The maximum atomic E-state index is 13.9. The predicted molar refractivity (Wildman–Crippen MR) is 106 cm³/mol. The third kappa shape index (κ3) is 5.34. The van der Waals surface area contributed by atoms with Crippen LogP contribution in [0, 0.1) is 5.82 Å². The lowest BCUT2D eigenvalue weighted by molar-refractivity contribution is 0.0999. The van der Waals surface area contributed by atoms with Crippen LogP contribution in [0.5, 0.6) is 5.75 Å². The second-order valence-corrected chi connectivity index (χ2v) is 7.38. The predicted octanol–water partition coefficient (Wildman–Crippen LogP) is 3.56. The quantitative estimate of drug-likeness (QED) is 0.751. The Kier molecular flexibility index (Phi) is 6.57. The van der Waals surface area contributed by atoms with Crippen molar-refractivity contribution in [1.29, 1.82) is 0 Å². The number of hydrogen-bond donors (Lipinski definition) is 2. The highest BCUT2D eigenvalue weighted by Gasteiger charge is 2.21. The van der Waals surface area contributed by atoms with Gasteiger partial charge in [0.05, 0.1) is 15.7 Å². The molecule has 146 valence electrons. The first-order valence-corrected chi connectivity index (χ1v) is 9.59. The molecule has 0 bridgehead atoms. The molecule has 0 spiro atoms. The Balaban J connectivity index is 1.42. The molecule has 0 radical (unpaired) electrons. The summed E-state index contributed by atoms with van der Waals surface area (Å²) in [6.45, 7) is 2.69. The molecule has 0 unspecified atom stereocenters. The second kappa shape index (κ2) is 8.91. The minimum atomic E-state index is -0.571. The van der Waals surface area contributed by atoms with Crippen LogP contribution in [-0.4, -0.2) is 40.6 Å². The van der Waals surface area contributed by atoms with Gasteiger partial charge in [-0.15, -0.1) is 0 Å². The standard InChI is InChI=1S/C18H22Cl2FN5O/c19-13-4-3-12(10-14(13)20)27-11-5-8-26(9-6-11)7-1-2-15-16(21)17(22)25-18(23)24-15/h3-4,10-11H,1-2,5-9H2,(H4,22,23,24,25). The maximum absolute atomic E-state index is 13.9. The summed E-state index contributed by atoms with van der Waals surface area (Å²) in [6.07, 6.45) is 3.23. The van der Waals surface area contributed by atoms with Crippen LogP contribution in [0.3, 0.4) is 0 Å². The van der Waals surface area contributed by atoms with Gasteiger partial charge in [0.25, 0.3) is 0 Å². The molecule has 9 heteroatoms. The Hall–Kier alpha value is -1.83.